The summed E-state index contributed by atoms with van der Waals surface area (Å²) in [6.07, 6.45) is 6.98. The summed E-state index contributed by atoms with van der Waals surface area (Å²) < 4.78 is 5.93. The minimum atomic E-state index is 0.0745. The van der Waals surface area contributed by atoms with Gasteiger partial charge in [-0.15, -0.1) is 0 Å². The Morgan fingerprint density at radius 3 is 2.50 bits per heavy atom. The van der Waals surface area contributed by atoms with Gasteiger partial charge in [0.25, 0.3) is 0 Å². The number of rotatable bonds is 4. The fourth-order valence-corrected chi connectivity index (χ4v) is 3.63. The Morgan fingerprint density at radius 1 is 1.33 bits per heavy atom. The largest absolute Gasteiger partial charge is 0.372 e. The molecule has 1 amide bonds. The zero-order valence-corrected chi connectivity index (χ0v) is 11.7. The van der Waals surface area contributed by atoms with Gasteiger partial charge in [-0.1, -0.05) is 6.42 Å². The van der Waals surface area contributed by atoms with Gasteiger partial charge in [0.15, 0.2) is 0 Å². The predicted molar refractivity (Wildman–Crippen MR) is 70.2 cm³/mol. The highest BCUT2D eigenvalue weighted by molar-refractivity contribution is 5.77. The summed E-state index contributed by atoms with van der Waals surface area (Å²) >= 11 is 0. The highest BCUT2D eigenvalue weighted by atomic mass is 16.5. The summed E-state index contributed by atoms with van der Waals surface area (Å²) in [4.78, 5) is 14.3. The van der Waals surface area contributed by atoms with Crippen LogP contribution in [0.3, 0.4) is 0 Å². The quantitative estimate of drug-likeness (QED) is 0.768. The first kappa shape index (κ1) is 12.5. The fraction of sp³-hybridized carbons (Fsp3) is 0.933. The fourth-order valence-electron chi connectivity index (χ4n) is 3.63. The molecule has 1 aliphatic heterocycles. The third-order valence-corrected chi connectivity index (χ3v) is 4.98. The van der Waals surface area contributed by atoms with Gasteiger partial charge in [0.2, 0.25) is 5.91 Å². The van der Waals surface area contributed by atoms with E-state index >= 15 is 0 Å². The molecule has 0 bridgehead atoms. The van der Waals surface area contributed by atoms with Crippen molar-refractivity contribution in [3.8, 4) is 0 Å². The van der Waals surface area contributed by atoms with Crippen molar-refractivity contribution < 1.29 is 9.53 Å². The lowest BCUT2D eigenvalue weighted by atomic mass is 10.0. The molecule has 0 aromatic rings. The van der Waals surface area contributed by atoms with E-state index in [4.69, 9.17) is 4.74 Å². The summed E-state index contributed by atoms with van der Waals surface area (Å²) in [7, 11) is 0. The molecule has 18 heavy (non-hydrogen) atoms. The Morgan fingerprint density at radius 2 is 1.94 bits per heavy atom. The van der Waals surface area contributed by atoms with Crippen molar-refractivity contribution in [3.05, 3.63) is 0 Å². The molecule has 3 rings (SSSR count). The van der Waals surface area contributed by atoms with Gasteiger partial charge in [-0.2, -0.15) is 0 Å². The maximum Gasteiger partial charge on any atom is 0.225 e. The summed E-state index contributed by atoms with van der Waals surface area (Å²) in [6.45, 7) is 6.20. The lowest BCUT2D eigenvalue weighted by Gasteiger charge is -2.22. The molecule has 2 unspecified atom stereocenters. The summed E-state index contributed by atoms with van der Waals surface area (Å²) in [5.41, 5.74) is 0.0845. The first-order valence-corrected chi connectivity index (χ1v) is 7.51. The monoisotopic (exact) mass is 251 g/mol. The average molecular weight is 251 g/mol. The van der Waals surface area contributed by atoms with E-state index in [1.807, 2.05) is 6.92 Å². The summed E-state index contributed by atoms with van der Waals surface area (Å²) in [5.74, 6) is 1.90. The van der Waals surface area contributed by atoms with Crippen molar-refractivity contribution in [2.75, 3.05) is 13.1 Å². The number of amides is 1. The van der Waals surface area contributed by atoms with Crippen LogP contribution in [-0.2, 0) is 9.53 Å². The normalized spacial score (nSPS) is 34.4. The predicted octanol–water partition coefficient (Wildman–Crippen LogP) is 2.59. The number of carbonyl (C=O) groups is 1. The standard InChI is InChI=1S/C15H25NO2/c1-11(18-15(2)6-7-15)8-14(17)16-9-12-4-3-5-13(12)10-16/h11-13H,3-10H2,1-2H3/t11-,12?,13?/m1/s1. The Bertz CT molecular complexity index is 325. The molecule has 102 valence electrons. The number of likely N-dealkylation sites (tertiary alicyclic amines) is 1. The molecule has 0 aromatic carbocycles. The molecule has 1 heterocycles. The smallest absolute Gasteiger partial charge is 0.225 e. The van der Waals surface area contributed by atoms with Crippen LogP contribution >= 0.6 is 0 Å². The van der Waals surface area contributed by atoms with Crippen molar-refractivity contribution in [1.82, 2.24) is 4.90 Å². The molecule has 3 heteroatoms. The van der Waals surface area contributed by atoms with E-state index in [1.165, 1.54) is 19.3 Å². The summed E-state index contributed by atoms with van der Waals surface area (Å²) in [6, 6.07) is 0. The second-order valence-corrected chi connectivity index (χ2v) is 6.83. The molecule has 2 aliphatic carbocycles. The number of nitrogens with zero attached hydrogens (tertiary/aromatic N) is 1. The average Bonchev–Trinajstić information content (AvgIpc) is 2.75. The van der Waals surface area contributed by atoms with Crippen molar-refractivity contribution in [1.29, 1.82) is 0 Å². The lowest BCUT2D eigenvalue weighted by Crippen LogP contribution is -2.33. The second kappa shape index (κ2) is 4.52. The van der Waals surface area contributed by atoms with E-state index in [0.717, 1.165) is 37.8 Å². The van der Waals surface area contributed by atoms with Crippen LogP contribution in [-0.4, -0.2) is 35.6 Å². The minimum absolute atomic E-state index is 0.0745. The molecule has 2 saturated carbocycles. The van der Waals surface area contributed by atoms with Crippen molar-refractivity contribution >= 4 is 5.91 Å². The maximum absolute atomic E-state index is 12.2. The zero-order valence-electron chi connectivity index (χ0n) is 11.7. The highest BCUT2D eigenvalue weighted by Crippen LogP contribution is 2.40. The maximum atomic E-state index is 12.2. The van der Waals surface area contributed by atoms with Gasteiger partial charge in [-0.05, 0) is 51.4 Å². The Balaban J connectivity index is 1.46. The molecule has 0 aromatic heterocycles. The molecule has 3 nitrogen and oxygen atoms in total. The number of fused-ring (bicyclic) bond motifs is 1. The van der Waals surface area contributed by atoms with Gasteiger partial charge in [0.05, 0.1) is 18.1 Å². The minimum Gasteiger partial charge on any atom is -0.372 e. The third-order valence-electron chi connectivity index (χ3n) is 4.98. The zero-order chi connectivity index (χ0) is 12.8. The number of hydrogen-bond acceptors (Lipinski definition) is 2. The van der Waals surface area contributed by atoms with Crippen LogP contribution in [0.15, 0.2) is 0 Å². The van der Waals surface area contributed by atoms with Crippen molar-refractivity contribution in [2.45, 2.75) is 64.1 Å². The molecule has 3 fully saturated rings. The molecule has 3 atom stereocenters. The molecule has 0 spiro atoms. The topological polar surface area (TPSA) is 29.5 Å². The van der Waals surface area contributed by atoms with E-state index < -0.39 is 0 Å². The van der Waals surface area contributed by atoms with Crippen molar-refractivity contribution in [3.63, 3.8) is 0 Å². The lowest BCUT2D eigenvalue weighted by molar-refractivity contribution is -0.134. The SMILES string of the molecule is C[C@H](CC(=O)N1CC2CCCC2C1)OC1(C)CC1. The number of hydrogen-bond donors (Lipinski definition) is 0. The van der Waals surface area contributed by atoms with Crippen molar-refractivity contribution in [2.24, 2.45) is 11.8 Å². The van der Waals surface area contributed by atoms with Gasteiger partial charge < -0.3 is 9.64 Å². The van der Waals surface area contributed by atoms with Gasteiger partial charge >= 0.3 is 0 Å². The van der Waals surface area contributed by atoms with Crippen LogP contribution < -0.4 is 0 Å². The van der Waals surface area contributed by atoms with E-state index in [1.54, 1.807) is 0 Å². The van der Waals surface area contributed by atoms with E-state index in [-0.39, 0.29) is 11.7 Å². The Hall–Kier alpha value is -0.570. The molecule has 0 N–H and O–H groups in total. The van der Waals surface area contributed by atoms with Crippen LogP contribution in [0.4, 0.5) is 0 Å². The second-order valence-electron chi connectivity index (χ2n) is 6.83. The van der Waals surface area contributed by atoms with Crippen LogP contribution in [0.25, 0.3) is 0 Å². The Labute approximate surface area is 110 Å². The van der Waals surface area contributed by atoms with Crippen LogP contribution in [0, 0.1) is 11.8 Å². The van der Waals surface area contributed by atoms with E-state index in [0.29, 0.717) is 12.3 Å². The summed E-state index contributed by atoms with van der Waals surface area (Å²) in [5, 5.41) is 0. The Kier molecular flexibility index (Phi) is 3.13. The van der Waals surface area contributed by atoms with Gasteiger partial charge in [-0.3, -0.25) is 4.79 Å². The molecule has 3 aliphatic rings. The van der Waals surface area contributed by atoms with E-state index in [9.17, 15) is 4.79 Å². The van der Waals surface area contributed by atoms with Crippen LogP contribution in [0.1, 0.15) is 52.4 Å². The van der Waals surface area contributed by atoms with Crippen LogP contribution in [0.5, 0.6) is 0 Å². The van der Waals surface area contributed by atoms with Crippen LogP contribution in [0.2, 0.25) is 0 Å². The first-order chi connectivity index (χ1) is 8.56. The third kappa shape index (κ3) is 2.56. The number of carbonyl (C=O) groups excluding carboxylic acids is 1. The van der Waals surface area contributed by atoms with Gasteiger partial charge in [0.1, 0.15) is 0 Å². The first-order valence-electron chi connectivity index (χ1n) is 7.51. The van der Waals surface area contributed by atoms with E-state index in [2.05, 4.69) is 11.8 Å². The molecular formula is C15H25NO2. The van der Waals surface area contributed by atoms with Gasteiger partial charge in [-0.25, -0.2) is 0 Å². The molecule has 0 radical (unpaired) electrons. The van der Waals surface area contributed by atoms with Gasteiger partial charge in [0, 0.05) is 13.1 Å². The highest BCUT2D eigenvalue weighted by Gasteiger charge is 2.41. The molecule has 1 saturated heterocycles. The number of ether oxygens (including phenoxy) is 1. The molecular weight excluding hydrogens is 226 g/mol.